The van der Waals surface area contributed by atoms with Crippen LogP contribution in [0.2, 0.25) is 0 Å². The van der Waals surface area contributed by atoms with Crippen LogP contribution < -0.4 is 11.4 Å². The van der Waals surface area contributed by atoms with E-state index in [1.165, 1.54) is 0 Å². The number of nitrogen functional groups attached to an aromatic ring is 1. The number of anilines is 1. The third-order valence-electron chi connectivity index (χ3n) is 3.56. The van der Waals surface area contributed by atoms with Crippen molar-refractivity contribution in [3.05, 3.63) is 64.1 Å². The molecule has 2 aromatic carbocycles. The third-order valence-corrected chi connectivity index (χ3v) is 3.56. The van der Waals surface area contributed by atoms with E-state index < -0.39 is 5.69 Å². The van der Waals surface area contributed by atoms with Gasteiger partial charge < -0.3 is 10.7 Å². The Hall–Kier alpha value is -2.82. The second-order valence-electron chi connectivity index (χ2n) is 5.04. The summed E-state index contributed by atoms with van der Waals surface area (Å²) in [5, 5.41) is 0. The Kier molecular flexibility index (Phi) is 3.10. The van der Waals surface area contributed by atoms with E-state index in [1.54, 1.807) is 18.2 Å². The van der Waals surface area contributed by atoms with Gasteiger partial charge in [-0.05, 0) is 36.2 Å². The van der Waals surface area contributed by atoms with Gasteiger partial charge in [-0.25, -0.2) is 9.36 Å². The number of rotatable bonds is 2. The maximum Gasteiger partial charge on any atom is 0.333 e. The normalized spacial score (nSPS) is 10.9. The fourth-order valence-corrected chi connectivity index (χ4v) is 2.42. The average molecular weight is 281 g/mol. The molecule has 0 fully saturated rings. The molecule has 5 heteroatoms. The molecule has 1 aromatic heterocycles. The van der Waals surface area contributed by atoms with Crippen LogP contribution in [-0.2, 0) is 6.42 Å². The number of nitrogens with one attached hydrogen (secondary N) is 1. The topological polar surface area (TPSA) is 80.9 Å². The van der Waals surface area contributed by atoms with Gasteiger partial charge >= 0.3 is 5.69 Å². The molecule has 0 aliphatic rings. The van der Waals surface area contributed by atoms with Crippen LogP contribution in [-0.4, -0.2) is 15.5 Å². The van der Waals surface area contributed by atoms with Crippen molar-refractivity contribution in [1.29, 1.82) is 0 Å². The van der Waals surface area contributed by atoms with Crippen molar-refractivity contribution >= 4 is 22.6 Å². The average Bonchev–Trinajstić information content (AvgIpc) is 2.76. The van der Waals surface area contributed by atoms with Crippen LogP contribution in [0.3, 0.4) is 0 Å². The van der Waals surface area contributed by atoms with Gasteiger partial charge in [-0.15, -0.1) is 0 Å². The number of hydrogen-bond acceptors (Lipinski definition) is 3. The Morgan fingerprint density at radius 2 is 2.00 bits per heavy atom. The number of aromatic nitrogens is 2. The summed E-state index contributed by atoms with van der Waals surface area (Å²) in [6, 6.07) is 12.6. The summed E-state index contributed by atoms with van der Waals surface area (Å²) in [4.78, 5) is 27.2. The van der Waals surface area contributed by atoms with Gasteiger partial charge in [-0.1, -0.05) is 24.3 Å². The summed E-state index contributed by atoms with van der Waals surface area (Å²) in [5.74, 6) is -0.272. The van der Waals surface area contributed by atoms with E-state index in [9.17, 15) is 9.59 Å². The van der Waals surface area contributed by atoms with Gasteiger partial charge in [0.15, 0.2) is 0 Å². The molecule has 21 heavy (non-hydrogen) atoms. The lowest BCUT2D eigenvalue weighted by molar-refractivity contribution is 0.0915. The van der Waals surface area contributed by atoms with Crippen molar-refractivity contribution in [2.75, 3.05) is 5.73 Å². The smallest absolute Gasteiger partial charge is 0.333 e. The number of H-pyrrole nitrogens is 1. The van der Waals surface area contributed by atoms with E-state index in [-0.39, 0.29) is 12.3 Å². The van der Waals surface area contributed by atoms with Crippen LogP contribution in [0.4, 0.5) is 5.69 Å². The van der Waals surface area contributed by atoms with E-state index in [0.717, 1.165) is 15.7 Å². The highest BCUT2D eigenvalue weighted by Gasteiger charge is 2.15. The van der Waals surface area contributed by atoms with Gasteiger partial charge in [-0.2, -0.15) is 0 Å². The predicted octanol–water partition coefficient (Wildman–Crippen LogP) is 2.10. The summed E-state index contributed by atoms with van der Waals surface area (Å²) in [6.07, 6.45) is 0.175. The molecule has 0 spiro atoms. The van der Waals surface area contributed by atoms with Crippen LogP contribution in [0.5, 0.6) is 0 Å². The SMILES string of the molecule is Cc1ccccc1CC(=O)n1c(=O)[nH]c2ccc(N)cc21. The zero-order valence-corrected chi connectivity index (χ0v) is 11.6. The lowest BCUT2D eigenvalue weighted by Gasteiger charge is -2.06. The molecule has 0 atom stereocenters. The Morgan fingerprint density at radius 3 is 2.76 bits per heavy atom. The zero-order chi connectivity index (χ0) is 15.0. The molecule has 0 aliphatic carbocycles. The highest BCUT2D eigenvalue weighted by molar-refractivity contribution is 5.92. The van der Waals surface area contributed by atoms with Crippen LogP contribution in [0.25, 0.3) is 11.0 Å². The molecule has 3 N–H and O–H groups in total. The highest BCUT2D eigenvalue weighted by Crippen LogP contribution is 2.15. The van der Waals surface area contributed by atoms with Crippen LogP contribution >= 0.6 is 0 Å². The lowest BCUT2D eigenvalue weighted by atomic mass is 10.1. The van der Waals surface area contributed by atoms with Gasteiger partial charge in [0.1, 0.15) is 0 Å². The van der Waals surface area contributed by atoms with Gasteiger partial charge in [-0.3, -0.25) is 4.79 Å². The molecule has 3 aromatic rings. The number of carbonyl (C=O) groups is 1. The summed E-state index contributed by atoms with van der Waals surface area (Å²) >= 11 is 0. The van der Waals surface area contributed by atoms with E-state index >= 15 is 0 Å². The minimum atomic E-state index is -0.436. The highest BCUT2D eigenvalue weighted by atomic mass is 16.2. The van der Waals surface area contributed by atoms with Crippen molar-refractivity contribution < 1.29 is 4.79 Å². The number of benzene rings is 2. The number of aromatic amines is 1. The van der Waals surface area contributed by atoms with Crippen LogP contribution in [0, 0.1) is 6.92 Å². The first-order chi connectivity index (χ1) is 10.1. The number of hydrogen-bond donors (Lipinski definition) is 2. The quantitative estimate of drug-likeness (QED) is 0.706. The van der Waals surface area contributed by atoms with E-state index in [4.69, 9.17) is 5.73 Å². The van der Waals surface area contributed by atoms with Gasteiger partial charge in [0.2, 0.25) is 5.91 Å². The van der Waals surface area contributed by atoms with E-state index in [2.05, 4.69) is 4.98 Å². The summed E-state index contributed by atoms with van der Waals surface area (Å²) in [6.45, 7) is 1.94. The second-order valence-corrected chi connectivity index (χ2v) is 5.04. The summed E-state index contributed by atoms with van der Waals surface area (Å²) in [5.41, 5.74) is 8.87. The monoisotopic (exact) mass is 281 g/mol. The van der Waals surface area contributed by atoms with Crippen LogP contribution in [0.15, 0.2) is 47.3 Å². The molecule has 5 nitrogen and oxygen atoms in total. The van der Waals surface area contributed by atoms with Gasteiger partial charge in [0.25, 0.3) is 0 Å². The molecule has 0 saturated carbocycles. The molecular formula is C16H15N3O2. The number of nitrogens with zero attached hydrogens (tertiary/aromatic N) is 1. The van der Waals surface area contributed by atoms with Crippen molar-refractivity contribution in [3.8, 4) is 0 Å². The zero-order valence-electron chi connectivity index (χ0n) is 11.6. The van der Waals surface area contributed by atoms with Crippen molar-refractivity contribution in [2.45, 2.75) is 13.3 Å². The molecule has 0 bridgehead atoms. The lowest BCUT2D eigenvalue weighted by Crippen LogP contribution is -2.25. The fourth-order valence-electron chi connectivity index (χ4n) is 2.42. The molecular weight excluding hydrogens is 266 g/mol. The first kappa shape index (κ1) is 13.2. The summed E-state index contributed by atoms with van der Waals surface area (Å²) < 4.78 is 1.15. The van der Waals surface area contributed by atoms with Crippen LogP contribution in [0.1, 0.15) is 15.9 Å². The molecule has 0 unspecified atom stereocenters. The molecule has 106 valence electrons. The van der Waals surface area contributed by atoms with Gasteiger partial charge in [0.05, 0.1) is 17.5 Å². The summed E-state index contributed by atoms with van der Waals surface area (Å²) in [7, 11) is 0. The maximum absolute atomic E-state index is 12.5. The molecule has 1 heterocycles. The predicted molar refractivity (Wildman–Crippen MR) is 82.5 cm³/mol. The Bertz CT molecular complexity index is 890. The maximum atomic E-state index is 12.5. The molecule has 0 amide bonds. The van der Waals surface area contributed by atoms with Crippen molar-refractivity contribution in [1.82, 2.24) is 9.55 Å². The molecule has 3 rings (SSSR count). The van der Waals surface area contributed by atoms with Crippen molar-refractivity contribution in [3.63, 3.8) is 0 Å². The number of nitrogens with two attached hydrogens (primary N) is 1. The van der Waals surface area contributed by atoms with Crippen molar-refractivity contribution in [2.24, 2.45) is 0 Å². The van der Waals surface area contributed by atoms with E-state index in [0.29, 0.717) is 16.7 Å². The number of carbonyl (C=O) groups excluding carboxylic acids is 1. The molecule has 0 saturated heterocycles. The third kappa shape index (κ3) is 2.33. The molecule has 0 aliphatic heterocycles. The van der Waals surface area contributed by atoms with Gasteiger partial charge in [0, 0.05) is 5.69 Å². The Balaban J connectivity index is 2.06. The van der Waals surface area contributed by atoms with E-state index in [1.807, 2.05) is 31.2 Å². The number of fused-ring (bicyclic) bond motifs is 1. The second kappa shape index (κ2) is 4.94. The number of imidazole rings is 1. The first-order valence-electron chi connectivity index (χ1n) is 6.64. The fraction of sp³-hybridized carbons (Fsp3) is 0.125. The number of aryl methyl sites for hydroxylation is 1. The Labute approximate surface area is 121 Å². The first-order valence-corrected chi connectivity index (χ1v) is 6.64. The standard InChI is InChI=1S/C16H15N3O2/c1-10-4-2-3-5-11(10)8-15(20)19-14-9-12(17)6-7-13(14)18-16(19)21/h2-7,9H,8,17H2,1H3,(H,18,21). The minimum Gasteiger partial charge on any atom is -0.399 e. The minimum absolute atomic E-state index is 0.175. The Morgan fingerprint density at radius 1 is 1.24 bits per heavy atom. The largest absolute Gasteiger partial charge is 0.399 e. The molecule has 0 radical (unpaired) electrons.